The van der Waals surface area contributed by atoms with Gasteiger partial charge in [-0.3, -0.25) is 0 Å². The molecular weight excluding hydrogens is 755 g/mol. The zero-order valence-corrected chi connectivity index (χ0v) is 35.3. The number of hydrogen-bond acceptors (Lipinski definition) is 4. The highest BCUT2D eigenvalue weighted by Gasteiger charge is 2.31. The maximum atomic E-state index is 5.46. The van der Waals surface area contributed by atoms with E-state index in [0.717, 1.165) is 59.0 Å². The molecule has 300 valence electrons. The molecule has 3 atom stereocenters. The Kier molecular flexibility index (Phi) is 9.34. The van der Waals surface area contributed by atoms with Crippen LogP contribution in [0.25, 0.3) is 78.5 Å². The van der Waals surface area contributed by atoms with Crippen molar-refractivity contribution in [3.8, 4) is 39.5 Å². The lowest BCUT2D eigenvalue weighted by Gasteiger charge is -2.26. The van der Waals surface area contributed by atoms with Crippen molar-refractivity contribution in [2.24, 2.45) is 5.92 Å². The summed E-state index contributed by atoms with van der Waals surface area (Å²) in [6, 6.07) is 47.7. The van der Waals surface area contributed by atoms with Crippen molar-refractivity contribution in [2.45, 2.75) is 51.4 Å². The van der Waals surface area contributed by atoms with Crippen LogP contribution in [0.3, 0.4) is 0 Å². The minimum absolute atomic E-state index is 0.256. The van der Waals surface area contributed by atoms with Crippen LogP contribution < -0.4 is 0 Å². The number of fused-ring (bicyclic) bond motifs is 5. The van der Waals surface area contributed by atoms with Crippen LogP contribution >= 0.6 is 0 Å². The summed E-state index contributed by atoms with van der Waals surface area (Å²) in [5, 5.41) is 2.44. The molecule has 3 aromatic heterocycles. The average molecular weight is 802 g/mol. The van der Waals surface area contributed by atoms with E-state index >= 15 is 0 Å². The normalized spacial score (nSPS) is 19.4. The largest absolute Gasteiger partial charge is 0.309 e. The molecule has 0 spiro atoms. The van der Waals surface area contributed by atoms with Gasteiger partial charge >= 0.3 is 0 Å². The summed E-state index contributed by atoms with van der Waals surface area (Å²) in [6.45, 7) is 6.87. The Morgan fingerprint density at radius 1 is 0.597 bits per heavy atom. The van der Waals surface area contributed by atoms with E-state index in [-0.39, 0.29) is 11.3 Å². The van der Waals surface area contributed by atoms with E-state index in [2.05, 4.69) is 201 Å². The summed E-state index contributed by atoms with van der Waals surface area (Å²) in [6.07, 6.45) is 20.3. The number of allylic oxidation sites excluding steroid dienone is 9. The van der Waals surface area contributed by atoms with Crippen LogP contribution in [0.15, 0.2) is 176 Å². The molecule has 3 unspecified atom stereocenters. The lowest BCUT2D eigenvalue weighted by Crippen LogP contribution is -2.24. The molecule has 0 saturated carbocycles. The van der Waals surface area contributed by atoms with Crippen molar-refractivity contribution in [1.29, 1.82) is 0 Å². The minimum Gasteiger partial charge on any atom is -0.309 e. The molecule has 0 saturated heterocycles. The van der Waals surface area contributed by atoms with Crippen molar-refractivity contribution >= 4 is 39.0 Å². The van der Waals surface area contributed by atoms with Gasteiger partial charge in [0.2, 0.25) is 0 Å². The molecule has 3 aliphatic carbocycles. The van der Waals surface area contributed by atoms with Gasteiger partial charge in [-0.15, -0.1) is 0 Å². The van der Waals surface area contributed by atoms with Gasteiger partial charge in [0, 0.05) is 38.6 Å². The molecule has 0 bridgehead atoms. The molecule has 5 nitrogen and oxygen atoms in total. The number of aromatic nitrogens is 5. The first kappa shape index (κ1) is 37.7. The third-order valence-electron chi connectivity index (χ3n) is 13.1. The summed E-state index contributed by atoms with van der Waals surface area (Å²) in [4.78, 5) is 21.0. The molecule has 5 aromatic carbocycles. The number of nitrogens with zero attached hydrogens (tertiary/aromatic N) is 5. The predicted molar refractivity (Wildman–Crippen MR) is 257 cm³/mol. The Balaban J connectivity index is 0.971. The molecule has 8 aromatic rings. The fourth-order valence-corrected chi connectivity index (χ4v) is 9.73. The molecule has 11 rings (SSSR count). The third kappa shape index (κ3) is 6.56. The molecule has 0 aliphatic heterocycles. The van der Waals surface area contributed by atoms with Crippen LogP contribution in [-0.4, -0.2) is 24.5 Å². The lowest BCUT2D eigenvalue weighted by molar-refractivity contribution is 0.551. The third-order valence-corrected chi connectivity index (χ3v) is 13.1. The zero-order chi connectivity index (χ0) is 41.8. The second-order valence-corrected chi connectivity index (χ2v) is 17.4. The topological polar surface area (TPSA) is 56.5 Å². The van der Waals surface area contributed by atoms with Crippen molar-refractivity contribution in [2.75, 3.05) is 0 Å². The second-order valence-electron chi connectivity index (χ2n) is 17.4. The van der Waals surface area contributed by atoms with Gasteiger partial charge in [0.15, 0.2) is 11.6 Å². The summed E-state index contributed by atoms with van der Waals surface area (Å²) in [5.74, 6) is 2.86. The van der Waals surface area contributed by atoms with Crippen molar-refractivity contribution in [1.82, 2.24) is 24.5 Å². The van der Waals surface area contributed by atoms with E-state index < -0.39 is 0 Å². The predicted octanol–water partition coefficient (Wildman–Crippen LogP) is 14.2. The van der Waals surface area contributed by atoms with E-state index in [9.17, 15) is 0 Å². The number of benzene rings is 5. The minimum atomic E-state index is -0.321. The Morgan fingerprint density at radius 2 is 1.27 bits per heavy atom. The van der Waals surface area contributed by atoms with Crippen molar-refractivity contribution < 1.29 is 0 Å². The second kappa shape index (κ2) is 15.3. The van der Waals surface area contributed by atoms with Crippen LogP contribution in [0.2, 0.25) is 0 Å². The highest BCUT2D eigenvalue weighted by molar-refractivity contribution is 6.16. The van der Waals surface area contributed by atoms with Gasteiger partial charge in [0.1, 0.15) is 5.82 Å². The fraction of sp³-hybridized carbons (Fsp3) is 0.158. The highest BCUT2D eigenvalue weighted by Crippen LogP contribution is 2.45. The summed E-state index contributed by atoms with van der Waals surface area (Å²) in [5.41, 5.74) is 14.8. The highest BCUT2D eigenvalue weighted by atomic mass is 15.0. The van der Waals surface area contributed by atoms with E-state index in [1.54, 1.807) is 0 Å². The van der Waals surface area contributed by atoms with Gasteiger partial charge in [0.25, 0.3) is 0 Å². The standard InChI is InChI=1S/C57H47N5/c1-37-16-15-22-48-50(37)53-51(47-21-11-12-23-49(47)62(53)45-19-9-5-10-20-45)52(58-48)42-28-26-41(27-29-42)46-33-32-44(36-38(46)2)55-59-54(60-56(61-55)57(3)34-13-6-14-35-57)43-30-24-40(25-31-43)39-17-7-4-8-18-39/h4-15,17-34,37-38H,16,35-36H2,1-3H3. The van der Waals surface area contributed by atoms with Gasteiger partial charge in [0.05, 0.1) is 22.4 Å². The van der Waals surface area contributed by atoms with E-state index in [4.69, 9.17) is 19.9 Å². The maximum absolute atomic E-state index is 5.46. The van der Waals surface area contributed by atoms with Gasteiger partial charge < -0.3 is 4.57 Å². The Labute approximate surface area is 363 Å². The summed E-state index contributed by atoms with van der Waals surface area (Å²) in [7, 11) is 0. The Bertz CT molecular complexity index is 3170. The zero-order valence-electron chi connectivity index (χ0n) is 35.3. The fourth-order valence-electron chi connectivity index (χ4n) is 9.73. The van der Waals surface area contributed by atoms with Crippen LogP contribution in [0, 0.1) is 5.92 Å². The van der Waals surface area contributed by atoms with E-state index in [0.29, 0.717) is 11.7 Å². The van der Waals surface area contributed by atoms with Crippen LogP contribution in [-0.2, 0) is 5.41 Å². The number of para-hydroxylation sites is 2. The molecule has 0 amide bonds. The Hall–Kier alpha value is -7.24. The van der Waals surface area contributed by atoms with Gasteiger partial charge in [-0.05, 0) is 90.1 Å². The Morgan fingerprint density at radius 3 is 2.03 bits per heavy atom. The lowest BCUT2D eigenvalue weighted by atomic mass is 9.82. The molecule has 5 heteroatoms. The molecule has 0 N–H and O–H groups in total. The van der Waals surface area contributed by atoms with Crippen molar-refractivity contribution in [3.05, 3.63) is 204 Å². The maximum Gasteiger partial charge on any atom is 0.163 e. The molecule has 62 heavy (non-hydrogen) atoms. The SMILES string of the molecule is CC1CC(c2nc(-c3ccc(-c4ccccc4)cc3)nc(C3(C)C=CC=CC3)n2)=CC=C1c1ccc(-c2nc3c(c4c2c2ccccc2n4-c2ccccc2)C(C)CC=C3)cc1. The van der Waals surface area contributed by atoms with E-state index in [1.807, 2.05) is 6.07 Å². The molecule has 0 radical (unpaired) electrons. The number of hydrogen-bond donors (Lipinski definition) is 0. The number of rotatable bonds is 7. The van der Waals surface area contributed by atoms with Gasteiger partial charge in [-0.1, -0.05) is 172 Å². The smallest absolute Gasteiger partial charge is 0.163 e. The first-order valence-electron chi connectivity index (χ1n) is 21.9. The number of pyridine rings is 1. The first-order valence-corrected chi connectivity index (χ1v) is 21.9. The van der Waals surface area contributed by atoms with Crippen LogP contribution in [0.1, 0.15) is 74.4 Å². The molecule has 0 fully saturated rings. The monoisotopic (exact) mass is 801 g/mol. The van der Waals surface area contributed by atoms with Gasteiger partial charge in [-0.25, -0.2) is 19.9 Å². The first-order chi connectivity index (χ1) is 30.4. The van der Waals surface area contributed by atoms with E-state index in [1.165, 1.54) is 55.3 Å². The quantitative estimate of drug-likeness (QED) is 0.161. The molecule has 3 heterocycles. The van der Waals surface area contributed by atoms with Crippen molar-refractivity contribution in [3.63, 3.8) is 0 Å². The summed E-state index contributed by atoms with van der Waals surface area (Å²) >= 11 is 0. The summed E-state index contributed by atoms with van der Waals surface area (Å²) < 4.78 is 2.46. The molecule has 3 aliphatic rings. The average Bonchev–Trinajstić information content (AvgIpc) is 3.67. The van der Waals surface area contributed by atoms with Crippen LogP contribution in [0.4, 0.5) is 0 Å². The van der Waals surface area contributed by atoms with Crippen LogP contribution in [0.5, 0.6) is 0 Å². The van der Waals surface area contributed by atoms with Gasteiger partial charge in [-0.2, -0.15) is 0 Å². The molecular formula is C57H47N5.